The third-order valence-electron chi connectivity index (χ3n) is 4.62. The minimum atomic E-state index is -0.656. The number of carbonyl (C=O) groups excluding carboxylic acids is 3. The molecule has 9 nitrogen and oxygen atoms in total. The van der Waals surface area contributed by atoms with Gasteiger partial charge in [0.1, 0.15) is 9.88 Å². The second-order valence-corrected chi connectivity index (χ2v) is 9.67. The second kappa shape index (κ2) is 11.4. The van der Waals surface area contributed by atoms with Crippen molar-refractivity contribution in [1.29, 1.82) is 0 Å². The van der Waals surface area contributed by atoms with Crippen LogP contribution in [-0.4, -0.2) is 52.6 Å². The van der Waals surface area contributed by atoms with E-state index >= 15 is 0 Å². The number of esters is 2. The Bertz CT molecular complexity index is 1240. The molecule has 0 aliphatic carbocycles. The van der Waals surface area contributed by atoms with Crippen molar-refractivity contribution in [3.63, 3.8) is 0 Å². The molecule has 0 aliphatic heterocycles. The Morgan fingerprint density at radius 3 is 2.47 bits per heavy atom. The summed E-state index contributed by atoms with van der Waals surface area (Å²) in [6.45, 7) is 5.85. The number of carbonyl (C=O) groups is 3. The zero-order valence-corrected chi connectivity index (χ0v) is 21.8. The number of methoxy groups -OCH3 is 2. The Balaban J connectivity index is 1.79. The highest BCUT2D eigenvalue weighted by Crippen LogP contribution is 2.34. The van der Waals surface area contributed by atoms with E-state index in [0.717, 1.165) is 21.4 Å². The monoisotopic (exact) mass is 564 g/mol. The van der Waals surface area contributed by atoms with Gasteiger partial charge in [-0.1, -0.05) is 45.9 Å². The first kappa shape index (κ1) is 25.7. The highest BCUT2D eigenvalue weighted by Gasteiger charge is 2.27. The fourth-order valence-corrected chi connectivity index (χ4v) is 5.17. The first-order chi connectivity index (χ1) is 16.3. The molecule has 0 saturated carbocycles. The molecule has 0 bridgehead atoms. The lowest BCUT2D eigenvalue weighted by Crippen LogP contribution is -2.16. The molecule has 0 unspecified atom stereocenters. The molecule has 178 valence electrons. The number of amides is 1. The van der Waals surface area contributed by atoms with Gasteiger partial charge in [-0.2, -0.15) is 0 Å². The maximum absolute atomic E-state index is 12.7. The zero-order valence-electron chi connectivity index (χ0n) is 18.6. The van der Waals surface area contributed by atoms with E-state index in [1.807, 2.05) is 28.8 Å². The fraction of sp³-hybridized carbons (Fsp3) is 0.227. The van der Waals surface area contributed by atoms with Crippen molar-refractivity contribution < 1.29 is 23.9 Å². The summed E-state index contributed by atoms with van der Waals surface area (Å²) in [7, 11) is 2.48. The zero-order chi connectivity index (χ0) is 24.8. The van der Waals surface area contributed by atoms with Crippen molar-refractivity contribution in [2.75, 3.05) is 25.3 Å². The van der Waals surface area contributed by atoms with Crippen molar-refractivity contribution in [2.24, 2.45) is 0 Å². The van der Waals surface area contributed by atoms with Gasteiger partial charge in [0.05, 0.1) is 25.5 Å². The number of hydrogen-bond acceptors (Lipinski definition) is 9. The first-order valence-corrected chi connectivity index (χ1v) is 12.4. The normalized spacial score (nSPS) is 10.6. The van der Waals surface area contributed by atoms with Crippen LogP contribution in [0.25, 0.3) is 11.4 Å². The van der Waals surface area contributed by atoms with Crippen LogP contribution in [0.5, 0.6) is 0 Å². The molecule has 2 aromatic heterocycles. The summed E-state index contributed by atoms with van der Waals surface area (Å²) in [5, 5.41) is 12.0. The number of thioether (sulfide) groups is 1. The Morgan fingerprint density at radius 2 is 1.85 bits per heavy atom. The van der Waals surface area contributed by atoms with Gasteiger partial charge in [-0.3, -0.25) is 9.36 Å². The first-order valence-electron chi connectivity index (χ1n) is 9.83. The maximum Gasteiger partial charge on any atom is 0.348 e. The molecule has 12 heteroatoms. The molecule has 0 fully saturated rings. The van der Waals surface area contributed by atoms with E-state index in [1.165, 1.54) is 26.0 Å². The van der Waals surface area contributed by atoms with Crippen LogP contribution >= 0.6 is 39.0 Å². The molecule has 0 aliphatic rings. The molecular weight excluding hydrogens is 544 g/mol. The van der Waals surface area contributed by atoms with Gasteiger partial charge in [-0.15, -0.1) is 28.1 Å². The summed E-state index contributed by atoms with van der Waals surface area (Å²) in [5.74, 6) is -0.982. The van der Waals surface area contributed by atoms with Gasteiger partial charge in [0.2, 0.25) is 5.91 Å². The summed E-state index contributed by atoms with van der Waals surface area (Å²) in [4.78, 5) is 37.2. The molecular formula is C22H21BrN4O5S2. The van der Waals surface area contributed by atoms with E-state index in [9.17, 15) is 14.4 Å². The molecule has 1 aromatic carbocycles. The van der Waals surface area contributed by atoms with Gasteiger partial charge in [0, 0.05) is 16.6 Å². The molecule has 0 radical (unpaired) electrons. The van der Waals surface area contributed by atoms with Gasteiger partial charge >= 0.3 is 11.9 Å². The van der Waals surface area contributed by atoms with Crippen molar-refractivity contribution >= 4 is 61.9 Å². The van der Waals surface area contributed by atoms with E-state index < -0.39 is 11.9 Å². The predicted molar refractivity (Wildman–Crippen MR) is 134 cm³/mol. The van der Waals surface area contributed by atoms with Gasteiger partial charge in [-0.05, 0) is 24.6 Å². The van der Waals surface area contributed by atoms with E-state index in [-0.39, 0.29) is 27.1 Å². The van der Waals surface area contributed by atoms with Crippen molar-refractivity contribution in [2.45, 2.75) is 18.6 Å². The summed E-state index contributed by atoms with van der Waals surface area (Å²) in [6, 6.07) is 7.66. The van der Waals surface area contributed by atoms with Gasteiger partial charge < -0.3 is 14.8 Å². The number of ether oxygens (including phenoxy) is 2. The van der Waals surface area contributed by atoms with Crippen LogP contribution in [0.2, 0.25) is 0 Å². The number of hydrogen-bond donors (Lipinski definition) is 1. The molecule has 34 heavy (non-hydrogen) atoms. The van der Waals surface area contributed by atoms with E-state index in [2.05, 4.69) is 38.0 Å². The number of nitrogens with one attached hydrogen (secondary N) is 1. The number of anilines is 1. The number of nitrogens with zero attached hydrogens (tertiary/aromatic N) is 3. The molecule has 2 heterocycles. The number of allylic oxidation sites excluding steroid dienone is 1. The summed E-state index contributed by atoms with van der Waals surface area (Å²) in [6.07, 6.45) is 1.72. The van der Waals surface area contributed by atoms with Gasteiger partial charge in [0.25, 0.3) is 0 Å². The lowest BCUT2D eigenvalue weighted by Gasteiger charge is -2.08. The quantitative estimate of drug-likeness (QED) is 0.228. The maximum atomic E-state index is 12.7. The SMILES string of the molecule is C=CCn1c(SCC(=O)Nc2sc(C(=O)OC)c(C)c2C(=O)OC)nnc1-c1ccc(Br)cc1. The second-order valence-electron chi connectivity index (χ2n) is 6.79. The number of benzene rings is 1. The minimum Gasteiger partial charge on any atom is -0.465 e. The van der Waals surface area contributed by atoms with Gasteiger partial charge in [-0.25, -0.2) is 9.59 Å². The molecule has 0 spiro atoms. The average Bonchev–Trinajstić information content (AvgIpc) is 3.38. The molecule has 0 atom stereocenters. The fourth-order valence-electron chi connectivity index (χ4n) is 3.03. The third kappa shape index (κ3) is 5.57. The van der Waals surface area contributed by atoms with Crippen LogP contribution in [0.1, 0.15) is 25.6 Å². The number of aromatic nitrogens is 3. The predicted octanol–water partition coefficient (Wildman–Crippen LogP) is 4.57. The molecule has 3 rings (SSSR count). The lowest BCUT2D eigenvalue weighted by molar-refractivity contribution is -0.113. The number of thiophene rings is 1. The Hall–Kier alpha value is -2.96. The van der Waals surface area contributed by atoms with Crippen molar-refractivity contribution in [3.05, 3.63) is 57.4 Å². The van der Waals surface area contributed by atoms with Crippen molar-refractivity contribution in [3.8, 4) is 11.4 Å². The topological polar surface area (TPSA) is 112 Å². The van der Waals surface area contributed by atoms with E-state index in [0.29, 0.717) is 23.1 Å². The van der Waals surface area contributed by atoms with Crippen LogP contribution < -0.4 is 5.32 Å². The van der Waals surface area contributed by atoms with Gasteiger partial charge in [0.15, 0.2) is 11.0 Å². The Morgan fingerprint density at radius 1 is 1.18 bits per heavy atom. The molecule has 3 aromatic rings. The summed E-state index contributed by atoms with van der Waals surface area (Å²) < 4.78 is 12.4. The van der Waals surface area contributed by atoms with Crippen LogP contribution in [0, 0.1) is 6.92 Å². The highest BCUT2D eigenvalue weighted by atomic mass is 79.9. The Kier molecular flexibility index (Phi) is 8.64. The Labute approximate surface area is 212 Å². The summed E-state index contributed by atoms with van der Waals surface area (Å²) >= 11 is 5.57. The smallest absolute Gasteiger partial charge is 0.348 e. The van der Waals surface area contributed by atoms with Crippen LogP contribution in [-0.2, 0) is 20.8 Å². The third-order valence-corrected chi connectivity index (χ3v) is 7.31. The van der Waals surface area contributed by atoms with Crippen molar-refractivity contribution in [1.82, 2.24) is 14.8 Å². The number of halogens is 1. The van der Waals surface area contributed by atoms with Crippen LogP contribution in [0.3, 0.4) is 0 Å². The molecule has 0 saturated heterocycles. The largest absolute Gasteiger partial charge is 0.465 e. The molecule has 1 N–H and O–H groups in total. The lowest BCUT2D eigenvalue weighted by atomic mass is 10.1. The van der Waals surface area contributed by atoms with E-state index in [1.54, 1.807) is 13.0 Å². The van der Waals surface area contributed by atoms with Crippen LogP contribution in [0.4, 0.5) is 5.00 Å². The van der Waals surface area contributed by atoms with Crippen LogP contribution in [0.15, 0.2) is 46.5 Å². The summed E-state index contributed by atoms with van der Waals surface area (Å²) in [5.41, 5.74) is 1.39. The average molecular weight is 565 g/mol. The number of rotatable bonds is 9. The minimum absolute atomic E-state index is 0.000726. The highest BCUT2D eigenvalue weighted by molar-refractivity contribution is 9.10. The van der Waals surface area contributed by atoms with E-state index in [4.69, 9.17) is 9.47 Å². The standard InChI is InChI=1S/C22H21BrN4O5S2/c1-5-10-27-18(13-6-8-14(23)9-7-13)25-26-22(27)33-11-15(28)24-19-16(20(29)31-3)12(2)17(34-19)21(30)32-4/h5-9H,1,10-11H2,2-4H3,(H,24,28). The molecule has 1 amide bonds.